The van der Waals surface area contributed by atoms with E-state index in [4.69, 9.17) is 4.42 Å². The molecule has 0 unspecified atom stereocenters. The molecule has 4 rings (SSSR count). The van der Waals surface area contributed by atoms with Gasteiger partial charge in [0.05, 0.1) is 23.2 Å². The van der Waals surface area contributed by atoms with Crippen molar-refractivity contribution in [2.24, 2.45) is 4.99 Å². The largest absolute Gasteiger partial charge is 0.459 e. The van der Waals surface area contributed by atoms with Gasteiger partial charge in [-0.2, -0.15) is 36.4 Å². The zero-order chi connectivity index (χ0) is 21.0. The molecule has 2 aromatic heterocycles. The number of aliphatic imine (C=N–C) groups is 1. The van der Waals surface area contributed by atoms with E-state index in [0.29, 0.717) is 0 Å². The fourth-order valence-corrected chi connectivity index (χ4v) is 3.16. The van der Waals surface area contributed by atoms with Gasteiger partial charge in [0, 0.05) is 0 Å². The number of aryl methyl sites for hydroxylation is 1. The predicted molar refractivity (Wildman–Crippen MR) is 88.1 cm³/mol. The number of fused-ring (bicyclic) bond motifs is 1. The molecule has 152 valence electrons. The summed E-state index contributed by atoms with van der Waals surface area (Å²) in [6, 6.07) is 10.2. The van der Waals surface area contributed by atoms with Crippen LogP contribution in [0, 0.1) is 6.92 Å². The molecule has 0 saturated carbocycles. The molecule has 0 fully saturated rings. The monoisotopic (exact) mass is 415 g/mol. The number of para-hydroxylation sites is 1. The number of hydrogen-bond donors (Lipinski definition) is 0. The Morgan fingerprint density at radius 3 is 2.14 bits per heavy atom. The van der Waals surface area contributed by atoms with E-state index in [1.165, 1.54) is 18.2 Å². The van der Waals surface area contributed by atoms with E-state index in [0.717, 1.165) is 23.9 Å². The van der Waals surface area contributed by atoms with Gasteiger partial charge in [-0.15, -0.1) is 0 Å². The first-order valence-electron chi connectivity index (χ1n) is 8.17. The van der Waals surface area contributed by atoms with Crippen LogP contribution in [0.5, 0.6) is 0 Å². The molecule has 5 nitrogen and oxygen atoms in total. The SMILES string of the molecule is Cc1nn(-c2ccccc2)c2c1C(C(F)(F)F)(C(F)(F)F)OC(c1ccco1)=N2. The summed E-state index contributed by atoms with van der Waals surface area (Å²) in [6.45, 7) is 1.04. The Bertz CT molecular complexity index is 1050. The Hall–Kier alpha value is -3.24. The van der Waals surface area contributed by atoms with Crippen molar-refractivity contribution in [3.8, 4) is 5.69 Å². The van der Waals surface area contributed by atoms with E-state index in [9.17, 15) is 26.3 Å². The van der Waals surface area contributed by atoms with Gasteiger partial charge in [-0.05, 0) is 31.2 Å². The summed E-state index contributed by atoms with van der Waals surface area (Å²) in [4.78, 5) is 3.91. The highest BCUT2D eigenvalue weighted by Gasteiger charge is 2.78. The third-order valence-corrected chi connectivity index (χ3v) is 4.38. The lowest BCUT2D eigenvalue weighted by atomic mass is 9.90. The van der Waals surface area contributed by atoms with Crippen LogP contribution in [-0.4, -0.2) is 28.0 Å². The first-order chi connectivity index (χ1) is 13.6. The van der Waals surface area contributed by atoms with Gasteiger partial charge in [0.15, 0.2) is 11.6 Å². The van der Waals surface area contributed by atoms with E-state index in [2.05, 4.69) is 14.8 Å². The molecule has 11 heteroatoms. The van der Waals surface area contributed by atoms with Crippen LogP contribution < -0.4 is 0 Å². The molecular weight excluding hydrogens is 404 g/mol. The predicted octanol–water partition coefficient (Wildman–Crippen LogP) is 5.20. The minimum absolute atomic E-state index is 0.236. The molecule has 0 radical (unpaired) electrons. The minimum Gasteiger partial charge on any atom is -0.459 e. The van der Waals surface area contributed by atoms with Gasteiger partial charge in [0.1, 0.15) is 0 Å². The number of alkyl halides is 6. The summed E-state index contributed by atoms with van der Waals surface area (Å²) in [5, 5.41) is 3.90. The van der Waals surface area contributed by atoms with E-state index in [-0.39, 0.29) is 11.4 Å². The molecule has 1 aliphatic rings. The van der Waals surface area contributed by atoms with Gasteiger partial charge < -0.3 is 9.15 Å². The first-order valence-corrected chi connectivity index (χ1v) is 8.17. The lowest BCUT2D eigenvalue weighted by Gasteiger charge is -2.39. The first kappa shape index (κ1) is 19.1. The third-order valence-electron chi connectivity index (χ3n) is 4.38. The normalized spacial score (nSPS) is 16.2. The average Bonchev–Trinajstić information content (AvgIpc) is 3.28. The number of aromatic nitrogens is 2. The molecule has 3 aromatic rings. The summed E-state index contributed by atoms with van der Waals surface area (Å²) < 4.78 is 94.5. The fourth-order valence-electron chi connectivity index (χ4n) is 3.16. The molecule has 0 bridgehead atoms. The Balaban J connectivity index is 2.09. The lowest BCUT2D eigenvalue weighted by molar-refractivity contribution is -0.370. The molecule has 0 N–H and O–H groups in total. The van der Waals surface area contributed by atoms with E-state index < -0.39 is 40.9 Å². The number of furan rings is 1. The number of benzene rings is 1. The number of ether oxygens (including phenoxy) is 1. The van der Waals surface area contributed by atoms with Gasteiger partial charge in [-0.25, -0.2) is 4.68 Å². The van der Waals surface area contributed by atoms with E-state index in [1.54, 1.807) is 18.2 Å². The third kappa shape index (κ3) is 2.71. The molecule has 0 amide bonds. The number of nitrogens with zero attached hydrogens (tertiary/aromatic N) is 3. The van der Waals surface area contributed by atoms with Crippen molar-refractivity contribution in [2.45, 2.75) is 24.9 Å². The molecule has 0 saturated heterocycles. The maximum absolute atomic E-state index is 14.0. The Morgan fingerprint density at radius 2 is 1.59 bits per heavy atom. The highest BCUT2D eigenvalue weighted by molar-refractivity contribution is 5.95. The van der Waals surface area contributed by atoms with Gasteiger partial charge in [-0.1, -0.05) is 18.2 Å². The highest BCUT2D eigenvalue weighted by Crippen LogP contribution is 2.58. The molecule has 29 heavy (non-hydrogen) atoms. The van der Waals surface area contributed by atoms with Gasteiger partial charge in [-0.3, -0.25) is 0 Å². The lowest BCUT2D eigenvalue weighted by Crippen LogP contribution is -2.58. The Kier molecular flexibility index (Phi) is 4.03. The van der Waals surface area contributed by atoms with Crippen molar-refractivity contribution in [3.05, 3.63) is 65.7 Å². The van der Waals surface area contributed by atoms with Gasteiger partial charge in [0.2, 0.25) is 0 Å². The second kappa shape index (κ2) is 6.13. The molecule has 1 aromatic carbocycles. The Labute approximate surface area is 159 Å². The molecular formula is C18H11F6N3O2. The summed E-state index contributed by atoms with van der Waals surface area (Å²) in [6.07, 6.45) is -10.6. The topological polar surface area (TPSA) is 52.5 Å². The van der Waals surface area contributed by atoms with Crippen LogP contribution in [-0.2, 0) is 10.3 Å². The number of halogens is 6. The summed E-state index contributed by atoms with van der Waals surface area (Å²) in [7, 11) is 0. The van der Waals surface area contributed by atoms with Crippen molar-refractivity contribution in [3.63, 3.8) is 0 Å². The van der Waals surface area contributed by atoms with Crippen molar-refractivity contribution >= 4 is 11.7 Å². The van der Waals surface area contributed by atoms with Gasteiger partial charge in [0.25, 0.3) is 5.90 Å². The van der Waals surface area contributed by atoms with E-state index >= 15 is 0 Å². The minimum atomic E-state index is -5.86. The highest BCUT2D eigenvalue weighted by atomic mass is 19.4. The molecule has 1 aliphatic heterocycles. The molecule has 0 atom stereocenters. The second-order valence-corrected chi connectivity index (χ2v) is 6.20. The molecule has 0 spiro atoms. The maximum atomic E-state index is 14.0. The number of rotatable bonds is 2. The van der Waals surface area contributed by atoms with Gasteiger partial charge >= 0.3 is 18.0 Å². The van der Waals surface area contributed by atoms with Crippen LogP contribution in [0.4, 0.5) is 32.2 Å². The Morgan fingerprint density at radius 1 is 0.931 bits per heavy atom. The zero-order valence-electron chi connectivity index (χ0n) is 14.5. The maximum Gasteiger partial charge on any atom is 0.442 e. The van der Waals surface area contributed by atoms with E-state index in [1.807, 2.05) is 0 Å². The second-order valence-electron chi connectivity index (χ2n) is 6.20. The van der Waals surface area contributed by atoms with Crippen LogP contribution in [0.2, 0.25) is 0 Å². The standard InChI is InChI=1S/C18H11F6N3O2/c1-10-13-14(27(26-10)11-6-3-2-4-7-11)25-15(12-8-5-9-28-12)29-16(13,17(19,20)21)18(22,23)24/h2-9H,1H3. The van der Waals surface area contributed by atoms with Crippen LogP contribution in [0.1, 0.15) is 17.0 Å². The summed E-state index contributed by atoms with van der Waals surface area (Å²) in [5.74, 6) is -1.97. The fraction of sp³-hybridized carbons (Fsp3) is 0.222. The quantitative estimate of drug-likeness (QED) is 0.541. The van der Waals surface area contributed by atoms with Crippen molar-refractivity contribution in [2.75, 3.05) is 0 Å². The summed E-state index contributed by atoms with van der Waals surface area (Å²) in [5.41, 5.74) is -6.15. The van der Waals surface area contributed by atoms with Crippen LogP contribution in [0.25, 0.3) is 5.69 Å². The van der Waals surface area contributed by atoms with Crippen LogP contribution in [0.15, 0.2) is 58.1 Å². The van der Waals surface area contributed by atoms with Crippen LogP contribution >= 0.6 is 0 Å². The average molecular weight is 415 g/mol. The van der Waals surface area contributed by atoms with Crippen molar-refractivity contribution < 1.29 is 35.5 Å². The zero-order valence-corrected chi connectivity index (χ0v) is 14.5. The van der Waals surface area contributed by atoms with Crippen LogP contribution in [0.3, 0.4) is 0 Å². The summed E-state index contributed by atoms with van der Waals surface area (Å²) >= 11 is 0. The van der Waals surface area contributed by atoms with Crippen molar-refractivity contribution in [1.29, 1.82) is 0 Å². The number of hydrogen-bond acceptors (Lipinski definition) is 4. The molecule has 3 heterocycles. The molecule has 0 aliphatic carbocycles. The van der Waals surface area contributed by atoms with Crippen molar-refractivity contribution in [1.82, 2.24) is 9.78 Å². The smallest absolute Gasteiger partial charge is 0.442 e.